The molecule has 0 radical (unpaired) electrons. The highest BCUT2D eigenvalue weighted by atomic mass is 19.1. The van der Waals surface area contributed by atoms with Gasteiger partial charge in [-0.2, -0.15) is 0 Å². The van der Waals surface area contributed by atoms with Gasteiger partial charge in [0.2, 0.25) is 0 Å². The SMILES string of the molecule is Fc1ccc(C2=NOC2)c(F)c1. The Kier molecular flexibility index (Phi) is 1.53. The van der Waals surface area contributed by atoms with E-state index in [4.69, 9.17) is 0 Å². The quantitative estimate of drug-likeness (QED) is 0.627. The summed E-state index contributed by atoms with van der Waals surface area (Å²) in [4.78, 5) is 4.50. The van der Waals surface area contributed by atoms with Crippen molar-refractivity contribution in [2.24, 2.45) is 5.16 Å². The Morgan fingerprint density at radius 1 is 1.33 bits per heavy atom. The van der Waals surface area contributed by atoms with Gasteiger partial charge in [0.05, 0.1) is 0 Å². The van der Waals surface area contributed by atoms with Gasteiger partial charge in [0.25, 0.3) is 0 Å². The average Bonchev–Trinajstić information content (AvgIpc) is 1.91. The summed E-state index contributed by atoms with van der Waals surface area (Å²) in [5.74, 6) is -1.19. The molecule has 0 unspecified atom stereocenters. The lowest BCUT2D eigenvalue weighted by atomic mass is 10.1. The van der Waals surface area contributed by atoms with Crippen LogP contribution in [0.25, 0.3) is 0 Å². The van der Waals surface area contributed by atoms with Gasteiger partial charge in [-0.05, 0) is 12.1 Å². The number of benzene rings is 1. The Labute approximate surface area is 67.4 Å². The summed E-state index contributed by atoms with van der Waals surface area (Å²) >= 11 is 0. The predicted molar refractivity (Wildman–Crippen MR) is 38.8 cm³/mol. The monoisotopic (exact) mass is 169 g/mol. The summed E-state index contributed by atoms with van der Waals surface area (Å²) in [6.45, 7) is 0.294. The zero-order chi connectivity index (χ0) is 8.55. The molecule has 1 aliphatic heterocycles. The molecule has 2 rings (SSSR count). The molecule has 0 saturated heterocycles. The van der Waals surface area contributed by atoms with Crippen LogP contribution in [0.3, 0.4) is 0 Å². The summed E-state index contributed by atoms with van der Waals surface area (Å²) in [5.41, 5.74) is 0.829. The molecule has 1 heterocycles. The van der Waals surface area contributed by atoms with Crippen LogP contribution in [0.4, 0.5) is 8.78 Å². The van der Waals surface area contributed by atoms with Crippen LogP contribution in [0.1, 0.15) is 5.56 Å². The smallest absolute Gasteiger partial charge is 0.163 e. The largest absolute Gasteiger partial charge is 0.389 e. The molecule has 0 atom stereocenters. The molecule has 2 nitrogen and oxygen atoms in total. The highest BCUT2D eigenvalue weighted by Crippen LogP contribution is 2.14. The molecule has 0 bridgehead atoms. The maximum atomic E-state index is 12.9. The molecular formula is C8H5F2NO. The Bertz CT molecular complexity index is 349. The van der Waals surface area contributed by atoms with Crippen molar-refractivity contribution in [3.05, 3.63) is 35.4 Å². The van der Waals surface area contributed by atoms with Crippen molar-refractivity contribution in [1.29, 1.82) is 0 Å². The Morgan fingerprint density at radius 3 is 2.58 bits per heavy atom. The third-order valence-electron chi connectivity index (χ3n) is 1.62. The predicted octanol–water partition coefficient (Wildman–Crippen LogP) is 1.70. The molecule has 0 fully saturated rings. The maximum absolute atomic E-state index is 12.9. The first kappa shape index (κ1) is 7.21. The fraction of sp³-hybridized carbons (Fsp3) is 0.125. The first-order chi connectivity index (χ1) is 5.77. The maximum Gasteiger partial charge on any atom is 0.163 e. The second kappa shape index (κ2) is 2.55. The molecule has 0 amide bonds. The molecule has 62 valence electrons. The summed E-state index contributed by atoms with van der Waals surface area (Å²) in [6.07, 6.45) is 0. The van der Waals surface area contributed by atoms with Crippen molar-refractivity contribution >= 4 is 5.71 Å². The molecule has 4 heteroatoms. The first-order valence-electron chi connectivity index (χ1n) is 3.41. The minimum atomic E-state index is -0.600. The molecule has 0 N–H and O–H groups in total. The van der Waals surface area contributed by atoms with Crippen LogP contribution >= 0.6 is 0 Å². The van der Waals surface area contributed by atoms with Crippen LogP contribution in [0.5, 0.6) is 0 Å². The fourth-order valence-corrected chi connectivity index (χ4v) is 0.980. The van der Waals surface area contributed by atoms with Gasteiger partial charge in [-0.15, -0.1) is 0 Å². The van der Waals surface area contributed by atoms with Crippen LogP contribution in [0.2, 0.25) is 0 Å². The Morgan fingerprint density at radius 2 is 2.08 bits per heavy atom. The van der Waals surface area contributed by atoms with E-state index in [-0.39, 0.29) is 0 Å². The van der Waals surface area contributed by atoms with E-state index in [0.717, 1.165) is 6.07 Å². The molecule has 1 aliphatic rings. The molecule has 1 aromatic carbocycles. The minimum absolute atomic E-state index is 0.294. The van der Waals surface area contributed by atoms with E-state index in [2.05, 4.69) is 9.99 Å². The molecular weight excluding hydrogens is 164 g/mol. The number of hydrogen-bond donors (Lipinski definition) is 0. The Hall–Kier alpha value is -1.45. The van der Waals surface area contributed by atoms with Crippen molar-refractivity contribution in [2.75, 3.05) is 6.61 Å². The van der Waals surface area contributed by atoms with Gasteiger partial charge in [-0.1, -0.05) is 5.16 Å². The molecule has 1 aromatic rings. The Balaban J connectivity index is 2.44. The highest BCUT2D eigenvalue weighted by Gasteiger charge is 2.16. The van der Waals surface area contributed by atoms with Gasteiger partial charge < -0.3 is 4.84 Å². The van der Waals surface area contributed by atoms with E-state index < -0.39 is 11.6 Å². The number of halogens is 2. The lowest BCUT2D eigenvalue weighted by Gasteiger charge is -2.13. The van der Waals surface area contributed by atoms with Gasteiger partial charge in [-0.3, -0.25) is 0 Å². The molecule has 0 saturated carbocycles. The summed E-state index contributed by atoms with van der Waals surface area (Å²) < 4.78 is 25.4. The fourth-order valence-electron chi connectivity index (χ4n) is 0.980. The second-order valence-corrected chi connectivity index (χ2v) is 2.44. The topological polar surface area (TPSA) is 21.6 Å². The highest BCUT2D eigenvalue weighted by molar-refractivity contribution is 6.03. The van der Waals surface area contributed by atoms with Crippen molar-refractivity contribution < 1.29 is 13.6 Å². The molecule has 0 aliphatic carbocycles. The normalized spacial score (nSPS) is 14.7. The number of nitrogens with zero attached hydrogens (tertiary/aromatic N) is 1. The molecule has 0 spiro atoms. The lowest BCUT2D eigenvalue weighted by Crippen LogP contribution is -2.19. The zero-order valence-electron chi connectivity index (χ0n) is 6.05. The third-order valence-corrected chi connectivity index (χ3v) is 1.62. The van der Waals surface area contributed by atoms with E-state index in [1.807, 2.05) is 0 Å². The number of oxime groups is 1. The van der Waals surface area contributed by atoms with Crippen molar-refractivity contribution in [1.82, 2.24) is 0 Å². The van der Waals surface area contributed by atoms with Crippen LogP contribution in [0.15, 0.2) is 23.4 Å². The van der Waals surface area contributed by atoms with E-state index >= 15 is 0 Å². The second-order valence-electron chi connectivity index (χ2n) is 2.44. The van der Waals surface area contributed by atoms with E-state index in [1.54, 1.807) is 0 Å². The lowest BCUT2D eigenvalue weighted by molar-refractivity contribution is 0.142. The van der Waals surface area contributed by atoms with Gasteiger partial charge in [0.15, 0.2) is 6.61 Å². The van der Waals surface area contributed by atoms with Crippen LogP contribution in [0, 0.1) is 11.6 Å². The number of rotatable bonds is 1. The van der Waals surface area contributed by atoms with Crippen molar-refractivity contribution in [3.8, 4) is 0 Å². The average molecular weight is 169 g/mol. The van der Waals surface area contributed by atoms with Crippen LogP contribution < -0.4 is 0 Å². The summed E-state index contributed by atoms with van der Waals surface area (Å²) in [6, 6.07) is 3.38. The van der Waals surface area contributed by atoms with E-state index in [0.29, 0.717) is 17.9 Å². The summed E-state index contributed by atoms with van der Waals surface area (Å²) in [5, 5.41) is 3.48. The third kappa shape index (κ3) is 1.05. The first-order valence-corrected chi connectivity index (χ1v) is 3.41. The van der Waals surface area contributed by atoms with E-state index in [9.17, 15) is 8.78 Å². The van der Waals surface area contributed by atoms with Crippen LogP contribution in [-0.4, -0.2) is 12.3 Å². The number of hydrogen-bond acceptors (Lipinski definition) is 2. The molecule has 0 aromatic heterocycles. The van der Waals surface area contributed by atoms with Crippen LogP contribution in [-0.2, 0) is 4.84 Å². The zero-order valence-corrected chi connectivity index (χ0v) is 6.05. The minimum Gasteiger partial charge on any atom is -0.389 e. The van der Waals surface area contributed by atoms with Crippen molar-refractivity contribution in [2.45, 2.75) is 0 Å². The van der Waals surface area contributed by atoms with E-state index in [1.165, 1.54) is 12.1 Å². The van der Waals surface area contributed by atoms with Gasteiger partial charge >= 0.3 is 0 Å². The van der Waals surface area contributed by atoms with Gasteiger partial charge in [0, 0.05) is 11.6 Å². The van der Waals surface area contributed by atoms with Gasteiger partial charge in [-0.25, -0.2) is 8.78 Å². The van der Waals surface area contributed by atoms with Crippen molar-refractivity contribution in [3.63, 3.8) is 0 Å². The standard InChI is InChI=1S/C8H5F2NO/c9-5-1-2-6(7(10)3-5)8-4-12-11-8/h1-3H,4H2. The van der Waals surface area contributed by atoms with Gasteiger partial charge in [0.1, 0.15) is 17.3 Å². The summed E-state index contributed by atoms with van der Waals surface area (Å²) in [7, 11) is 0. The molecule has 12 heavy (non-hydrogen) atoms.